The van der Waals surface area contributed by atoms with Gasteiger partial charge in [0.25, 0.3) is 0 Å². The van der Waals surface area contributed by atoms with Crippen LogP contribution in [0.25, 0.3) is 16.7 Å². The summed E-state index contributed by atoms with van der Waals surface area (Å²) < 4.78 is 7.83. The van der Waals surface area contributed by atoms with Gasteiger partial charge in [0.05, 0.1) is 18.2 Å². The number of rotatable bonds is 2. The first-order valence-corrected chi connectivity index (χ1v) is 6.80. The van der Waals surface area contributed by atoms with Gasteiger partial charge in [-0.05, 0) is 16.7 Å². The smallest absolute Gasteiger partial charge is 0.356 e. The van der Waals surface area contributed by atoms with E-state index in [2.05, 4.69) is 20.5 Å². The van der Waals surface area contributed by atoms with Crippen LogP contribution in [0.2, 0.25) is 0 Å². The number of fused-ring (bicyclic) bond motifs is 3. The van der Waals surface area contributed by atoms with Gasteiger partial charge in [-0.2, -0.15) is 4.52 Å². The van der Waals surface area contributed by atoms with Gasteiger partial charge in [-0.1, -0.05) is 11.8 Å². The number of aryl methyl sites for hydroxylation is 1. The van der Waals surface area contributed by atoms with E-state index in [9.17, 15) is 4.79 Å². The summed E-state index contributed by atoms with van der Waals surface area (Å²) in [5.41, 5.74) is 7.55. The van der Waals surface area contributed by atoms with Crippen molar-refractivity contribution in [3.05, 3.63) is 5.69 Å². The van der Waals surface area contributed by atoms with Gasteiger partial charge in [-0.15, -0.1) is 5.10 Å². The lowest BCUT2D eigenvalue weighted by Gasteiger charge is -2.02. The van der Waals surface area contributed by atoms with Gasteiger partial charge in [0.15, 0.2) is 16.5 Å². The fraction of sp³-hybridized carbons (Fsp3) is 0.300. The molecule has 0 radical (unpaired) electrons. The molecule has 3 aromatic heterocycles. The summed E-state index contributed by atoms with van der Waals surface area (Å²) in [7, 11) is 3.00. The average molecular weight is 293 g/mol. The monoisotopic (exact) mass is 293 g/mol. The Hall–Kier alpha value is -2.36. The normalized spacial score (nSPS) is 11.3. The van der Waals surface area contributed by atoms with Crippen molar-refractivity contribution in [1.82, 2.24) is 29.6 Å². The van der Waals surface area contributed by atoms with Gasteiger partial charge < -0.3 is 15.0 Å². The van der Waals surface area contributed by atoms with Crippen molar-refractivity contribution in [1.29, 1.82) is 0 Å². The number of hydrogen-bond donors (Lipinski definition) is 1. The molecular formula is C10H11N7O2S. The van der Waals surface area contributed by atoms with Crippen molar-refractivity contribution >= 4 is 40.1 Å². The minimum Gasteiger partial charge on any atom is -0.464 e. The number of esters is 1. The average Bonchev–Trinajstić information content (AvgIpc) is 3.01. The highest BCUT2D eigenvalue weighted by atomic mass is 32.2. The molecule has 0 amide bonds. The van der Waals surface area contributed by atoms with E-state index < -0.39 is 5.97 Å². The third-order valence-corrected chi connectivity index (χ3v) is 3.67. The molecule has 0 atom stereocenters. The second kappa shape index (κ2) is 4.34. The Morgan fingerprint density at radius 2 is 2.15 bits per heavy atom. The van der Waals surface area contributed by atoms with E-state index >= 15 is 0 Å². The number of aromatic nitrogens is 6. The lowest BCUT2D eigenvalue weighted by Crippen LogP contribution is -2.10. The first-order valence-electron chi connectivity index (χ1n) is 5.58. The van der Waals surface area contributed by atoms with E-state index in [1.54, 1.807) is 11.6 Å². The molecule has 0 saturated heterocycles. The molecule has 0 bridgehead atoms. The highest BCUT2D eigenvalue weighted by Gasteiger charge is 2.25. The number of nitrogen functional groups attached to an aromatic ring is 1. The zero-order chi connectivity index (χ0) is 14.4. The molecule has 2 N–H and O–H groups in total. The van der Waals surface area contributed by atoms with Crippen LogP contribution in [0.15, 0.2) is 5.16 Å². The number of nitrogens with two attached hydrogens (primary N) is 1. The first kappa shape index (κ1) is 12.7. The molecule has 3 rings (SSSR count). The maximum absolute atomic E-state index is 11.8. The molecule has 0 spiro atoms. The summed E-state index contributed by atoms with van der Waals surface area (Å²) >= 11 is 1.39. The van der Waals surface area contributed by atoms with Crippen LogP contribution in [0, 0.1) is 0 Å². The Kier molecular flexibility index (Phi) is 2.74. The summed E-state index contributed by atoms with van der Waals surface area (Å²) in [4.78, 5) is 16.3. The number of anilines is 1. The molecule has 0 fully saturated rings. The summed E-state index contributed by atoms with van der Waals surface area (Å²) in [6.45, 7) is 0. The van der Waals surface area contributed by atoms with Gasteiger partial charge in [0.1, 0.15) is 5.65 Å². The lowest BCUT2D eigenvalue weighted by molar-refractivity contribution is 0.0591. The van der Waals surface area contributed by atoms with E-state index in [1.165, 1.54) is 23.4 Å². The Morgan fingerprint density at radius 1 is 1.40 bits per heavy atom. The number of carbonyl (C=O) groups excluding carboxylic acids is 1. The predicted molar refractivity (Wildman–Crippen MR) is 72.6 cm³/mol. The quantitative estimate of drug-likeness (QED) is 0.402. The molecule has 0 unspecified atom stereocenters. The van der Waals surface area contributed by atoms with Crippen LogP contribution < -0.4 is 5.73 Å². The summed E-state index contributed by atoms with van der Waals surface area (Å²) in [5, 5.41) is 12.6. The zero-order valence-corrected chi connectivity index (χ0v) is 11.8. The molecule has 0 aromatic carbocycles. The molecule has 20 heavy (non-hydrogen) atoms. The molecule has 0 aliphatic carbocycles. The van der Waals surface area contributed by atoms with Crippen LogP contribution in [-0.2, 0) is 11.8 Å². The summed E-state index contributed by atoms with van der Waals surface area (Å²) in [6, 6.07) is 0. The van der Waals surface area contributed by atoms with Crippen LogP contribution in [0.3, 0.4) is 0 Å². The first-order chi connectivity index (χ1) is 9.60. The standard InChI is InChI=1S/C10H11N7O2S/c1-16-6(9(18)19-2)5(11)4-7(16)12-10(20-3)17-8(4)13-14-15-17/h11H2,1-3H3. The highest BCUT2D eigenvalue weighted by molar-refractivity contribution is 7.98. The molecule has 104 valence electrons. The third kappa shape index (κ3) is 1.48. The number of nitrogens with zero attached hydrogens (tertiary/aromatic N) is 6. The molecule has 3 heterocycles. The minimum atomic E-state index is -0.528. The van der Waals surface area contributed by atoms with Crippen molar-refractivity contribution in [2.24, 2.45) is 7.05 Å². The van der Waals surface area contributed by atoms with E-state index in [4.69, 9.17) is 10.5 Å². The number of ether oxygens (including phenoxy) is 1. The molecular weight excluding hydrogens is 282 g/mol. The number of carbonyl (C=O) groups is 1. The molecule has 0 aliphatic rings. The summed E-state index contributed by atoms with van der Waals surface area (Å²) in [6.07, 6.45) is 1.86. The van der Waals surface area contributed by atoms with Crippen LogP contribution in [0.5, 0.6) is 0 Å². The topological polar surface area (TPSA) is 113 Å². The van der Waals surface area contributed by atoms with Gasteiger partial charge in [-0.25, -0.2) is 9.78 Å². The Morgan fingerprint density at radius 3 is 2.80 bits per heavy atom. The molecule has 3 aromatic rings. The molecule has 9 nitrogen and oxygen atoms in total. The number of tetrazole rings is 1. The second-order valence-corrected chi connectivity index (χ2v) is 4.80. The Balaban J connectivity index is 2.51. The number of thioether (sulfide) groups is 1. The molecule has 0 saturated carbocycles. The fourth-order valence-electron chi connectivity index (χ4n) is 2.13. The number of methoxy groups -OCH3 is 1. The van der Waals surface area contributed by atoms with E-state index in [0.29, 0.717) is 21.8 Å². The minimum absolute atomic E-state index is 0.234. The van der Waals surface area contributed by atoms with Crippen molar-refractivity contribution in [2.75, 3.05) is 19.1 Å². The maximum atomic E-state index is 11.8. The fourth-order valence-corrected chi connectivity index (χ4v) is 2.60. The Labute approximate surface area is 117 Å². The van der Waals surface area contributed by atoms with Crippen LogP contribution in [-0.4, -0.2) is 48.9 Å². The maximum Gasteiger partial charge on any atom is 0.356 e. The number of hydrogen-bond acceptors (Lipinski definition) is 8. The van der Waals surface area contributed by atoms with Crippen molar-refractivity contribution in [2.45, 2.75) is 5.16 Å². The summed E-state index contributed by atoms with van der Waals surface area (Å²) in [5.74, 6) is -0.528. The van der Waals surface area contributed by atoms with E-state index in [0.717, 1.165) is 0 Å². The SMILES string of the molecule is COC(=O)c1c(N)c2c(nc(SC)n3nnnc23)n1C. The van der Waals surface area contributed by atoms with E-state index in [-0.39, 0.29) is 11.4 Å². The van der Waals surface area contributed by atoms with Gasteiger partial charge >= 0.3 is 5.97 Å². The van der Waals surface area contributed by atoms with Crippen LogP contribution >= 0.6 is 11.8 Å². The van der Waals surface area contributed by atoms with Gasteiger partial charge in [-0.3, -0.25) is 0 Å². The van der Waals surface area contributed by atoms with Crippen LogP contribution in [0.1, 0.15) is 10.5 Å². The van der Waals surface area contributed by atoms with E-state index in [1.807, 2.05) is 6.26 Å². The van der Waals surface area contributed by atoms with Crippen molar-refractivity contribution < 1.29 is 9.53 Å². The zero-order valence-electron chi connectivity index (χ0n) is 11.0. The highest BCUT2D eigenvalue weighted by Crippen LogP contribution is 2.31. The van der Waals surface area contributed by atoms with Gasteiger partial charge in [0, 0.05) is 7.05 Å². The largest absolute Gasteiger partial charge is 0.464 e. The predicted octanol–water partition coefficient (Wildman–Crippen LogP) is 0.102. The van der Waals surface area contributed by atoms with Crippen molar-refractivity contribution in [3.8, 4) is 0 Å². The molecule has 10 heteroatoms. The van der Waals surface area contributed by atoms with Crippen molar-refractivity contribution in [3.63, 3.8) is 0 Å². The van der Waals surface area contributed by atoms with Gasteiger partial charge in [0.2, 0.25) is 0 Å². The van der Waals surface area contributed by atoms with Crippen LogP contribution in [0.4, 0.5) is 5.69 Å². The third-order valence-electron chi connectivity index (χ3n) is 3.04. The lowest BCUT2D eigenvalue weighted by atomic mass is 10.3. The molecule has 0 aliphatic heterocycles. The second-order valence-electron chi connectivity index (χ2n) is 4.02. The Bertz CT molecular complexity index is 837.